The van der Waals surface area contributed by atoms with Gasteiger partial charge in [0, 0.05) is 0 Å². The zero-order valence-electron chi connectivity index (χ0n) is 13.5. The van der Waals surface area contributed by atoms with Gasteiger partial charge in [-0.05, 0) is 49.2 Å². The lowest BCUT2D eigenvalue weighted by Crippen LogP contribution is -2.03. The van der Waals surface area contributed by atoms with Gasteiger partial charge in [0.2, 0.25) is 0 Å². The molecule has 0 spiro atoms. The maximum atomic E-state index is 12.9. The third-order valence-corrected chi connectivity index (χ3v) is 6.13. The van der Waals surface area contributed by atoms with Crippen LogP contribution in [-0.4, -0.2) is 20.3 Å². The van der Waals surface area contributed by atoms with E-state index in [1.165, 1.54) is 0 Å². The highest BCUT2D eigenvalue weighted by Gasteiger charge is 2.33. The average Bonchev–Trinajstić information content (AvgIpc) is 2.53. The molecule has 0 N–H and O–H groups in total. The Balaban J connectivity index is 2.38. The summed E-state index contributed by atoms with van der Waals surface area (Å²) in [6, 6.07) is 11.9. The molecule has 0 radical (unpaired) electrons. The lowest BCUT2D eigenvalue weighted by atomic mass is 10.1. The summed E-state index contributed by atoms with van der Waals surface area (Å²) >= 11 is 0. The lowest BCUT2D eigenvalue weighted by Gasteiger charge is -2.23. The minimum Gasteiger partial charge on any atom is -0.497 e. The van der Waals surface area contributed by atoms with Crippen LogP contribution < -0.4 is 4.74 Å². The molecule has 0 aliphatic rings. The van der Waals surface area contributed by atoms with Crippen molar-refractivity contribution in [3.05, 3.63) is 42.0 Å². The molecule has 5 heteroatoms. The molecule has 2 aromatic rings. The zero-order chi connectivity index (χ0) is 16.2. The van der Waals surface area contributed by atoms with E-state index < -0.39 is 7.60 Å². The predicted octanol–water partition coefficient (Wildman–Crippen LogP) is 5.18. The number of fused-ring (bicyclic) bond motifs is 1. The highest BCUT2D eigenvalue weighted by molar-refractivity contribution is 7.54. The van der Waals surface area contributed by atoms with Gasteiger partial charge in [0.15, 0.2) is 0 Å². The van der Waals surface area contributed by atoms with Crippen molar-refractivity contribution in [2.24, 2.45) is 0 Å². The fourth-order valence-corrected chi connectivity index (χ4v) is 4.20. The molecule has 0 aliphatic carbocycles. The molecule has 0 amide bonds. The second-order valence-corrected chi connectivity index (χ2v) is 7.39. The number of ether oxygens (including phenoxy) is 1. The largest absolute Gasteiger partial charge is 0.497 e. The lowest BCUT2D eigenvalue weighted by molar-refractivity contribution is 0.213. The van der Waals surface area contributed by atoms with Crippen molar-refractivity contribution >= 4 is 18.4 Å². The first-order valence-corrected chi connectivity index (χ1v) is 9.11. The van der Waals surface area contributed by atoms with Gasteiger partial charge < -0.3 is 13.8 Å². The Morgan fingerprint density at radius 2 is 1.59 bits per heavy atom. The maximum Gasteiger partial charge on any atom is 0.337 e. The molecule has 0 heterocycles. The first-order chi connectivity index (χ1) is 10.5. The van der Waals surface area contributed by atoms with Gasteiger partial charge in [-0.15, -0.1) is 0 Å². The van der Waals surface area contributed by atoms with E-state index in [0.717, 1.165) is 22.1 Å². The minimum atomic E-state index is -3.15. The Hall–Kier alpha value is -1.35. The number of hydrogen-bond donors (Lipinski definition) is 0. The number of rotatable bonds is 7. The Morgan fingerprint density at radius 3 is 2.18 bits per heavy atom. The molecular weight excluding hydrogens is 299 g/mol. The van der Waals surface area contributed by atoms with Crippen LogP contribution in [0.5, 0.6) is 5.75 Å². The summed E-state index contributed by atoms with van der Waals surface area (Å²) in [5.41, 5.74) is 0.641. The molecule has 22 heavy (non-hydrogen) atoms. The quantitative estimate of drug-likeness (QED) is 0.659. The molecule has 120 valence electrons. The SMILES string of the molecule is CCOP(=O)(OCC)[C@H](C)c1ccc2cc(OC)ccc2c1. The molecule has 2 aromatic carbocycles. The molecule has 0 saturated heterocycles. The van der Waals surface area contributed by atoms with Crippen LogP contribution in [0.4, 0.5) is 0 Å². The fraction of sp³-hybridized carbons (Fsp3) is 0.412. The van der Waals surface area contributed by atoms with Crippen molar-refractivity contribution in [2.45, 2.75) is 26.4 Å². The van der Waals surface area contributed by atoms with Crippen molar-refractivity contribution in [2.75, 3.05) is 20.3 Å². The Labute approximate surface area is 131 Å². The van der Waals surface area contributed by atoms with E-state index in [9.17, 15) is 4.57 Å². The summed E-state index contributed by atoms with van der Waals surface area (Å²) in [7, 11) is -1.50. The smallest absolute Gasteiger partial charge is 0.337 e. The molecule has 2 rings (SSSR count). The summed E-state index contributed by atoms with van der Waals surface area (Å²) in [6.45, 7) is 6.27. The van der Waals surface area contributed by atoms with E-state index >= 15 is 0 Å². The van der Waals surface area contributed by atoms with E-state index in [1.807, 2.05) is 57.2 Å². The van der Waals surface area contributed by atoms with Crippen molar-refractivity contribution < 1.29 is 18.3 Å². The normalized spacial score (nSPS) is 13.3. The first kappa shape index (κ1) is 17.0. The average molecular weight is 322 g/mol. The first-order valence-electron chi connectivity index (χ1n) is 7.50. The van der Waals surface area contributed by atoms with Crippen molar-refractivity contribution in [3.63, 3.8) is 0 Å². The third-order valence-electron chi connectivity index (χ3n) is 3.65. The van der Waals surface area contributed by atoms with Gasteiger partial charge in [0.1, 0.15) is 5.75 Å². The monoisotopic (exact) mass is 322 g/mol. The van der Waals surface area contributed by atoms with Crippen LogP contribution in [-0.2, 0) is 13.6 Å². The molecule has 4 nitrogen and oxygen atoms in total. The maximum absolute atomic E-state index is 12.9. The zero-order valence-corrected chi connectivity index (χ0v) is 14.4. The molecule has 0 unspecified atom stereocenters. The van der Waals surface area contributed by atoms with E-state index in [2.05, 4.69) is 0 Å². The molecule has 0 fully saturated rings. The van der Waals surface area contributed by atoms with Gasteiger partial charge in [-0.2, -0.15) is 0 Å². The van der Waals surface area contributed by atoms with Crippen LogP contribution >= 0.6 is 7.60 Å². The minimum absolute atomic E-state index is 0.307. The summed E-state index contributed by atoms with van der Waals surface area (Å²) in [5.74, 6) is 0.822. The molecular formula is C17H23O4P. The van der Waals surface area contributed by atoms with Crippen LogP contribution in [0, 0.1) is 0 Å². The van der Waals surface area contributed by atoms with E-state index in [4.69, 9.17) is 13.8 Å². The van der Waals surface area contributed by atoms with Gasteiger partial charge in [-0.25, -0.2) is 0 Å². The summed E-state index contributed by atoms with van der Waals surface area (Å²) in [4.78, 5) is 0. The Kier molecular flexibility index (Phi) is 5.63. The van der Waals surface area contributed by atoms with Gasteiger partial charge in [-0.3, -0.25) is 4.57 Å². The third kappa shape index (κ3) is 3.52. The molecule has 0 aliphatic heterocycles. The van der Waals surface area contributed by atoms with Crippen molar-refractivity contribution in [1.82, 2.24) is 0 Å². The standard InChI is InChI=1S/C17H23O4P/c1-5-20-22(18,21-6-2)13(3)14-7-8-16-12-17(19-4)10-9-15(16)11-14/h7-13H,5-6H2,1-4H3/t13-/m1/s1. The molecule has 1 atom stereocenters. The number of benzene rings is 2. The highest BCUT2D eigenvalue weighted by Crippen LogP contribution is 2.60. The Bertz CT molecular complexity index is 673. The van der Waals surface area contributed by atoms with Crippen LogP contribution in [0.2, 0.25) is 0 Å². The van der Waals surface area contributed by atoms with Gasteiger partial charge >= 0.3 is 7.60 Å². The van der Waals surface area contributed by atoms with Crippen LogP contribution in [0.3, 0.4) is 0 Å². The van der Waals surface area contributed by atoms with E-state index in [0.29, 0.717) is 13.2 Å². The number of hydrogen-bond acceptors (Lipinski definition) is 4. The van der Waals surface area contributed by atoms with Crippen LogP contribution in [0.1, 0.15) is 32.0 Å². The predicted molar refractivity (Wildman–Crippen MR) is 89.8 cm³/mol. The summed E-state index contributed by atoms with van der Waals surface area (Å²) in [5, 5.41) is 2.16. The summed E-state index contributed by atoms with van der Waals surface area (Å²) in [6.07, 6.45) is 0. The Morgan fingerprint density at radius 1 is 1.00 bits per heavy atom. The van der Waals surface area contributed by atoms with Crippen LogP contribution in [0.25, 0.3) is 10.8 Å². The molecule has 0 aromatic heterocycles. The van der Waals surface area contributed by atoms with Gasteiger partial charge in [-0.1, -0.05) is 24.3 Å². The topological polar surface area (TPSA) is 44.8 Å². The second kappa shape index (κ2) is 7.28. The fourth-order valence-electron chi connectivity index (χ4n) is 2.43. The van der Waals surface area contributed by atoms with Gasteiger partial charge in [0.05, 0.1) is 26.0 Å². The summed E-state index contributed by atoms with van der Waals surface area (Å²) < 4.78 is 29.0. The van der Waals surface area contributed by atoms with Gasteiger partial charge in [0.25, 0.3) is 0 Å². The van der Waals surface area contributed by atoms with E-state index in [-0.39, 0.29) is 5.66 Å². The van der Waals surface area contributed by atoms with Crippen molar-refractivity contribution in [3.8, 4) is 5.75 Å². The second-order valence-electron chi connectivity index (χ2n) is 5.02. The molecule has 0 saturated carbocycles. The van der Waals surface area contributed by atoms with Crippen LogP contribution in [0.15, 0.2) is 36.4 Å². The highest BCUT2D eigenvalue weighted by atomic mass is 31.2. The van der Waals surface area contributed by atoms with E-state index in [1.54, 1.807) is 7.11 Å². The number of methoxy groups -OCH3 is 1. The van der Waals surface area contributed by atoms with Crippen molar-refractivity contribution in [1.29, 1.82) is 0 Å². The molecule has 0 bridgehead atoms.